The van der Waals surface area contributed by atoms with E-state index in [-0.39, 0.29) is 34.4 Å². The molecule has 0 radical (unpaired) electrons. The molecule has 0 spiro atoms. The lowest BCUT2D eigenvalue weighted by Gasteiger charge is -2.09. The monoisotopic (exact) mass is 434 g/mol. The maximum absolute atomic E-state index is 12.4. The lowest BCUT2D eigenvalue weighted by Crippen LogP contribution is -2.20. The molecule has 0 unspecified atom stereocenters. The van der Waals surface area contributed by atoms with Crippen molar-refractivity contribution < 1.29 is 22.7 Å². The SMILES string of the molecule is Cn1c(=O)c2ccccc2n2c(COC(=O)c3ccc(SC(F)(F)F)cc3)nnc12. The van der Waals surface area contributed by atoms with Crippen LogP contribution in [0.5, 0.6) is 0 Å². The number of hydrogen-bond donors (Lipinski definition) is 0. The third-order valence-electron chi connectivity index (χ3n) is 4.35. The van der Waals surface area contributed by atoms with E-state index in [4.69, 9.17) is 4.74 Å². The van der Waals surface area contributed by atoms with E-state index in [9.17, 15) is 22.8 Å². The van der Waals surface area contributed by atoms with Crippen LogP contribution in [0.3, 0.4) is 0 Å². The molecule has 30 heavy (non-hydrogen) atoms. The van der Waals surface area contributed by atoms with E-state index in [0.29, 0.717) is 22.5 Å². The van der Waals surface area contributed by atoms with Gasteiger partial charge in [0.2, 0.25) is 5.78 Å². The fraction of sp³-hybridized carbons (Fsp3) is 0.158. The fourth-order valence-electron chi connectivity index (χ4n) is 2.99. The Bertz CT molecular complexity index is 1310. The van der Waals surface area contributed by atoms with Crippen LogP contribution in [-0.4, -0.2) is 30.6 Å². The molecule has 0 aliphatic carbocycles. The summed E-state index contributed by atoms with van der Waals surface area (Å²) in [5, 5.41) is 8.47. The van der Waals surface area contributed by atoms with Gasteiger partial charge in [-0.25, -0.2) is 4.79 Å². The molecule has 0 fully saturated rings. The summed E-state index contributed by atoms with van der Waals surface area (Å²) in [7, 11) is 1.56. The average Bonchev–Trinajstić information content (AvgIpc) is 3.14. The molecule has 0 bridgehead atoms. The molecule has 0 aliphatic rings. The number of esters is 1. The van der Waals surface area contributed by atoms with E-state index in [0.717, 1.165) is 0 Å². The first-order chi connectivity index (χ1) is 14.2. The Balaban J connectivity index is 1.58. The van der Waals surface area contributed by atoms with Crippen molar-refractivity contribution in [3.05, 3.63) is 70.3 Å². The van der Waals surface area contributed by atoms with Gasteiger partial charge in [-0.2, -0.15) is 13.2 Å². The number of ether oxygens (including phenoxy) is 1. The Kier molecular flexibility index (Phi) is 4.98. The predicted molar refractivity (Wildman–Crippen MR) is 103 cm³/mol. The number of alkyl halides is 3. The van der Waals surface area contributed by atoms with Crippen molar-refractivity contribution in [3.8, 4) is 0 Å². The average molecular weight is 434 g/mol. The summed E-state index contributed by atoms with van der Waals surface area (Å²) >= 11 is -0.264. The van der Waals surface area contributed by atoms with Crippen LogP contribution in [0.2, 0.25) is 0 Å². The number of nitrogens with zero attached hydrogens (tertiary/aromatic N) is 4. The van der Waals surface area contributed by atoms with Crippen molar-refractivity contribution in [3.63, 3.8) is 0 Å². The van der Waals surface area contributed by atoms with E-state index >= 15 is 0 Å². The molecule has 4 rings (SSSR count). The minimum atomic E-state index is -4.40. The third kappa shape index (κ3) is 3.75. The van der Waals surface area contributed by atoms with E-state index in [2.05, 4.69) is 10.2 Å². The fourth-order valence-corrected chi connectivity index (χ4v) is 3.53. The lowest BCUT2D eigenvalue weighted by atomic mass is 10.2. The van der Waals surface area contributed by atoms with Gasteiger partial charge < -0.3 is 4.74 Å². The standard InChI is InChI=1S/C19H13F3N4O3S/c1-25-16(27)13-4-2-3-5-14(13)26-15(23-24-18(25)26)10-29-17(28)11-6-8-12(9-7-11)30-19(20,21)22/h2-9H,10H2,1H3. The van der Waals surface area contributed by atoms with Gasteiger partial charge in [0.05, 0.1) is 16.5 Å². The smallest absolute Gasteiger partial charge is 0.446 e. The molecule has 0 saturated heterocycles. The molecule has 0 amide bonds. The van der Waals surface area contributed by atoms with Crippen molar-refractivity contribution in [1.29, 1.82) is 0 Å². The van der Waals surface area contributed by atoms with Gasteiger partial charge in [0.25, 0.3) is 5.56 Å². The number of aromatic nitrogens is 4. The first kappa shape index (κ1) is 20.0. The van der Waals surface area contributed by atoms with E-state index in [1.807, 2.05) is 0 Å². The molecule has 2 aromatic carbocycles. The molecule has 4 aromatic rings. The molecular weight excluding hydrogens is 421 g/mol. The van der Waals surface area contributed by atoms with E-state index in [1.165, 1.54) is 28.8 Å². The summed E-state index contributed by atoms with van der Waals surface area (Å²) in [5.41, 5.74) is -3.96. The number of aryl methyl sites for hydroxylation is 1. The highest BCUT2D eigenvalue weighted by Crippen LogP contribution is 2.36. The zero-order chi connectivity index (χ0) is 21.5. The molecule has 0 N–H and O–H groups in total. The van der Waals surface area contributed by atoms with Gasteiger partial charge in [-0.3, -0.25) is 13.8 Å². The summed E-state index contributed by atoms with van der Waals surface area (Å²) < 4.78 is 45.4. The number of hydrogen-bond acceptors (Lipinski definition) is 6. The second-order valence-corrected chi connectivity index (χ2v) is 7.42. The Morgan fingerprint density at radius 3 is 2.50 bits per heavy atom. The summed E-state index contributed by atoms with van der Waals surface area (Å²) in [6, 6.07) is 11.8. The van der Waals surface area contributed by atoms with Crippen LogP contribution in [0.1, 0.15) is 16.2 Å². The van der Waals surface area contributed by atoms with Gasteiger partial charge in [0.1, 0.15) is 0 Å². The van der Waals surface area contributed by atoms with Crippen LogP contribution in [0.4, 0.5) is 13.2 Å². The summed E-state index contributed by atoms with van der Waals surface area (Å²) in [6.45, 7) is -0.235. The Hall–Kier alpha value is -3.34. The Labute approximate surface area is 171 Å². The number of carbonyl (C=O) groups excluding carboxylic acids is 1. The quantitative estimate of drug-likeness (QED) is 0.361. The minimum absolute atomic E-state index is 0.0325. The molecule has 0 aliphatic heterocycles. The van der Waals surface area contributed by atoms with Crippen molar-refractivity contribution in [1.82, 2.24) is 19.2 Å². The van der Waals surface area contributed by atoms with Crippen LogP contribution in [0.15, 0.2) is 58.2 Å². The van der Waals surface area contributed by atoms with Gasteiger partial charge in [-0.05, 0) is 48.2 Å². The number of benzene rings is 2. The zero-order valence-corrected chi connectivity index (χ0v) is 16.2. The number of carbonyl (C=O) groups is 1. The van der Waals surface area contributed by atoms with Crippen LogP contribution in [0, 0.1) is 0 Å². The first-order valence-corrected chi connectivity index (χ1v) is 9.41. The zero-order valence-electron chi connectivity index (χ0n) is 15.4. The normalized spacial score (nSPS) is 11.9. The number of thioether (sulfide) groups is 1. The largest absolute Gasteiger partial charge is 0.454 e. The van der Waals surface area contributed by atoms with Crippen molar-refractivity contribution in [2.45, 2.75) is 17.0 Å². The van der Waals surface area contributed by atoms with Gasteiger partial charge in [-0.1, -0.05) is 12.1 Å². The van der Waals surface area contributed by atoms with Gasteiger partial charge in [0.15, 0.2) is 12.4 Å². The number of fused-ring (bicyclic) bond motifs is 3. The number of halogens is 3. The number of rotatable bonds is 4. The second-order valence-electron chi connectivity index (χ2n) is 6.28. The van der Waals surface area contributed by atoms with Crippen molar-refractivity contribution in [2.75, 3.05) is 0 Å². The highest BCUT2D eigenvalue weighted by atomic mass is 32.2. The molecule has 7 nitrogen and oxygen atoms in total. The third-order valence-corrected chi connectivity index (χ3v) is 5.09. The molecule has 2 aromatic heterocycles. The predicted octanol–water partition coefficient (Wildman–Crippen LogP) is 3.55. The van der Waals surface area contributed by atoms with Gasteiger partial charge in [-0.15, -0.1) is 10.2 Å². The second kappa shape index (κ2) is 7.48. The summed E-state index contributed by atoms with van der Waals surface area (Å²) in [4.78, 5) is 24.7. The molecular formula is C19H13F3N4O3S. The molecule has 11 heteroatoms. The summed E-state index contributed by atoms with van der Waals surface area (Å²) in [5.74, 6) is -0.128. The lowest BCUT2D eigenvalue weighted by molar-refractivity contribution is -0.0328. The van der Waals surface area contributed by atoms with Crippen molar-refractivity contribution >= 4 is 34.4 Å². The van der Waals surface area contributed by atoms with Crippen molar-refractivity contribution in [2.24, 2.45) is 7.05 Å². The molecule has 0 saturated carbocycles. The molecule has 2 heterocycles. The maximum atomic E-state index is 12.4. The highest BCUT2D eigenvalue weighted by molar-refractivity contribution is 8.00. The molecule has 0 atom stereocenters. The van der Waals surface area contributed by atoms with Crippen LogP contribution < -0.4 is 5.56 Å². The van der Waals surface area contributed by atoms with E-state index < -0.39 is 11.5 Å². The summed E-state index contributed by atoms with van der Waals surface area (Å²) in [6.07, 6.45) is 0. The van der Waals surface area contributed by atoms with Crippen LogP contribution >= 0.6 is 11.8 Å². The highest BCUT2D eigenvalue weighted by Gasteiger charge is 2.29. The minimum Gasteiger partial charge on any atom is -0.454 e. The number of para-hydroxylation sites is 1. The van der Waals surface area contributed by atoms with Gasteiger partial charge in [0, 0.05) is 11.9 Å². The van der Waals surface area contributed by atoms with Crippen LogP contribution in [-0.2, 0) is 18.4 Å². The van der Waals surface area contributed by atoms with Crippen LogP contribution in [0.25, 0.3) is 16.7 Å². The topological polar surface area (TPSA) is 78.5 Å². The first-order valence-electron chi connectivity index (χ1n) is 8.59. The van der Waals surface area contributed by atoms with E-state index in [1.54, 1.807) is 35.7 Å². The molecule has 154 valence electrons. The Morgan fingerprint density at radius 2 is 1.80 bits per heavy atom. The maximum Gasteiger partial charge on any atom is 0.446 e. The van der Waals surface area contributed by atoms with Gasteiger partial charge >= 0.3 is 11.5 Å². The Morgan fingerprint density at radius 1 is 1.10 bits per heavy atom.